The summed E-state index contributed by atoms with van der Waals surface area (Å²) in [6.45, 7) is 4.40. The predicted octanol–water partition coefficient (Wildman–Crippen LogP) is 3.46. The summed E-state index contributed by atoms with van der Waals surface area (Å²) in [6.07, 6.45) is 11.4. The molecule has 0 spiro atoms. The molecule has 0 aromatic carbocycles. The van der Waals surface area contributed by atoms with E-state index in [0.717, 1.165) is 18.8 Å². The topological polar surface area (TPSA) is 25.2 Å². The molecular weight excluding hydrogens is 198 g/mol. The minimum absolute atomic E-state index is 0.610. The maximum Gasteiger partial charge on any atom is 0.126 e. The first-order chi connectivity index (χ1) is 7.85. The standard InChI is InChI=1S/C14H21NO/c1-2-14(8-5-9-14)12-15-10-3-6-13-7-4-11-16-13/h3-4,6-7,11,15H,2,5,8-10,12H2,1H3/b6-3+. The summed E-state index contributed by atoms with van der Waals surface area (Å²) in [5.74, 6) is 0.927. The third-order valence-corrected chi connectivity index (χ3v) is 3.75. The van der Waals surface area contributed by atoms with Crippen molar-refractivity contribution < 1.29 is 4.42 Å². The Kier molecular flexibility index (Phi) is 3.83. The Bertz CT molecular complexity index is 317. The fraction of sp³-hybridized carbons (Fsp3) is 0.571. The smallest absolute Gasteiger partial charge is 0.126 e. The number of rotatable bonds is 6. The Morgan fingerprint density at radius 2 is 2.38 bits per heavy atom. The van der Waals surface area contributed by atoms with E-state index in [-0.39, 0.29) is 0 Å². The van der Waals surface area contributed by atoms with Gasteiger partial charge in [0.2, 0.25) is 0 Å². The molecule has 1 fully saturated rings. The van der Waals surface area contributed by atoms with Gasteiger partial charge in [-0.3, -0.25) is 0 Å². The molecule has 1 aliphatic rings. The van der Waals surface area contributed by atoms with Crippen molar-refractivity contribution >= 4 is 6.08 Å². The summed E-state index contributed by atoms with van der Waals surface area (Å²) in [6, 6.07) is 3.88. The van der Waals surface area contributed by atoms with Gasteiger partial charge >= 0.3 is 0 Å². The van der Waals surface area contributed by atoms with Gasteiger partial charge < -0.3 is 9.73 Å². The van der Waals surface area contributed by atoms with Gasteiger partial charge in [-0.2, -0.15) is 0 Å². The maximum atomic E-state index is 5.22. The number of furan rings is 1. The van der Waals surface area contributed by atoms with Crippen LogP contribution in [0.15, 0.2) is 28.9 Å². The molecule has 2 nitrogen and oxygen atoms in total. The normalized spacial score (nSPS) is 18.8. The third kappa shape index (κ3) is 2.76. The fourth-order valence-electron chi connectivity index (χ4n) is 2.31. The van der Waals surface area contributed by atoms with Gasteiger partial charge in [0.1, 0.15) is 5.76 Å². The molecule has 2 heteroatoms. The summed E-state index contributed by atoms with van der Waals surface area (Å²) in [4.78, 5) is 0. The Balaban J connectivity index is 1.65. The van der Waals surface area contributed by atoms with Gasteiger partial charge in [-0.1, -0.05) is 19.4 Å². The quantitative estimate of drug-likeness (QED) is 0.741. The highest BCUT2D eigenvalue weighted by atomic mass is 16.3. The summed E-state index contributed by atoms with van der Waals surface area (Å²) < 4.78 is 5.22. The van der Waals surface area contributed by atoms with Crippen molar-refractivity contribution in [2.24, 2.45) is 5.41 Å². The minimum Gasteiger partial charge on any atom is -0.465 e. The molecule has 1 aromatic rings. The van der Waals surface area contributed by atoms with Gasteiger partial charge in [0.15, 0.2) is 0 Å². The van der Waals surface area contributed by atoms with Crippen LogP contribution in [0.2, 0.25) is 0 Å². The molecule has 0 saturated heterocycles. The van der Waals surface area contributed by atoms with Gasteiger partial charge in [-0.25, -0.2) is 0 Å². The SMILES string of the molecule is CCC1(CNC/C=C/c2ccco2)CCC1. The third-order valence-electron chi connectivity index (χ3n) is 3.75. The van der Waals surface area contributed by atoms with Crippen LogP contribution in [0.5, 0.6) is 0 Å². The average Bonchev–Trinajstić information content (AvgIpc) is 2.74. The summed E-state index contributed by atoms with van der Waals surface area (Å²) in [5, 5.41) is 3.51. The first-order valence-corrected chi connectivity index (χ1v) is 6.25. The summed E-state index contributed by atoms with van der Waals surface area (Å²) in [7, 11) is 0. The van der Waals surface area contributed by atoms with E-state index in [9.17, 15) is 0 Å². The van der Waals surface area contributed by atoms with Crippen molar-refractivity contribution in [1.82, 2.24) is 5.32 Å². The molecule has 1 N–H and O–H groups in total. The molecule has 1 aliphatic carbocycles. The molecule has 0 bridgehead atoms. The van der Waals surface area contributed by atoms with Gasteiger partial charge in [-0.05, 0) is 42.9 Å². The highest BCUT2D eigenvalue weighted by Crippen LogP contribution is 2.42. The number of hydrogen-bond donors (Lipinski definition) is 1. The Labute approximate surface area is 97.7 Å². The van der Waals surface area contributed by atoms with Crippen molar-refractivity contribution in [2.75, 3.05) is 13.1 Å². The van der Waals surface area contributed by atoms with E-state index in [4.69, 9.17) is 4.42 Å². The molecule has 1 saturated carbocycles. The van der Waals surface area contributed by atoms with Crippen LogP contribution in [-0.2, 0) is 0 Å². The first kappa shape index (κ1) is 11.5. The van der Waals surface area contributed by atoms with Gasteiger partial charge in [0.05, 0.1) is 6.26 Å². The zero-order valence-corrected chi connectivity index (χ0v) is 10.0. The molecular formula is C14H21NO. The van der Waals surface area contributed by atoms with Crippen LogP contribution in [0.4, 0.5) is 0 Å². The first-order valence-electron chi connectivity index (χ1n) is 6.25. The van der Waals surface area contributed by atoms with Crippen LogP contribution in [0.1, 0.15) is 38.4 Å². The van der Waals surface area contributed by atoms with Crippen LogP contribution < -0.4 is 5.32 Å². The second-order valence-electron chi connectivity index (χ2n) is 4.76. The Morgan fingerprint density at radius 1 is 1.50 bits per heavy atom. The molecule has 2 rings (SSSR count). The highest BCUT2D eigenvalue weighted by molar-refractivity contribution is 5.42. The Hall–Kier alpha value is -1.02. The lowest BCUT2D eigenvalue weighted by molar-refractivity contribution is 0.126. The second kappa shape index (κ2) is 5.35. The van der Waals surface area contributed by atoms with Crippen LogP contribution in [0, 0.1) is 5.41 Å². The lowest BCUT2D eigenvalue weighted by Crippen LogP contribution is -2.39. The van der Waals surface area contributed by atoms with Crippen LogP contribution in [0.25, 0.3) is 6.08 Å². The number of nitrogens with one attached hydrogen (secondary N) is 1. The van der Waals surface area contributed by atoms with E-state index in [2.05, 4.69) is 18.3 Å². The van der Waals surface area contributed by atoms with Crippen molar-refractivity contribution in [1.29, 1.82) is 0 Å². The predicted molar refractivity (Wildman–Crippen MR) is 67.2 cm³/mol. The van der Waals surface area contributed by atoms with E-state index < -0.39 is 0 Å². The van der Waals surface area contributed by atoms with Crippen LogP contribution in [-0.4, -0.2) is 13.1 Å². The van der Waals surface area contributed by atoms with E-state index in [0.29, 0.717) is 5.41 Å². The zero-order chi connectivity index (χ0) is 11.3. The molecule has 16 heavy (non-hydrogen) atoms. The van der Waals surface area contributed by atoms with E-state index in [1.807, 2.05) is 18.2 Å². The molecule has 1 heterocycles. The van der Waals surface area contributed by atoms with Crippen molar-refractivity contribution in [3.05, 3.63) is 30.2 Å². The minimum atomic E-state index is 0.610. The molecule has 0 radical (unpaired) electrons. The largest absolute Gasteiger partial charge is 0.465 e. The van der Waals surface area contributed by atoms with Crippen LogP contribution >= 0.6 is 0 Å². The van der Waals surface area contributed by atoms with E-state index in [1.54, 1.807) is 6.26 Å². The number of hydrogen-bond acceptors (Lipinski definition) is 2. The van der Waals surface area contributed by atoms with Crippen molar-refractivity contribution in [2.45, 2.75) is 32.6 Å². The molecule has 0 aliphatic heterocycles. The summed E-state index contributed by atoms with van der Waals surface area (Å²) >= 11 is 0. The average molecular weight is 219 g/mol. The molecule has 0 unspecified atom stereocenters. The van der Waals surface area contributed by atoms with Crippen LogP contribution in [0.3, 0.4) is 0 Å². The van der Waals surface area contributed by atoms with Gasteiger partial charge in [0.25, 0.3) is 0 Å². The monoisotopic (exact) mass is 219 g/mol. The zero-order valence-electron chi connectivity index (χ0n) is 10.0. The van der Waals surface area contributed by atoms with Crippen molar-refractivity contribution in [3.63, 3.8) is 0 Å². The van der Waals surface area contributed by atoms with Crippen molar-refractivity contribution in [3.8, 4) is 0 Å². The molecule has 1 aromatic heterocycles. The lowest BCUT2D eigenvalue weighted by Gasteiger charge is -2.41. The molecule has 0 atom stereocenters. The Morgan fingerprint density at radius 3 is 2.94 bits per heavy atom. The molecule has 0 amide bonds. The van der Waals surface area contributed by atoms with Gasteiger partial charge in [-0.15, -0.1) is 0 Å². The molecule has 88 valence electrons. The summed E-state index contributed by atoms with van der Waals surface area (Å²) in [5.41, 5.74) is 0.610. The maximum absolute atomic E-state index is 5.22. The van der Waals surface area contributed by atoms with E-state index in [1.165, 1.54) is 25.7 Å². The van der Waals surface area contributed by atoms with E-state index >= 15 is 0 Å². The van der Waals surface area contributed by atoms with Gasteiger partial charge in [0, 0.05) is 13.1 Å². The lowest BCUT2D eigenvalue weighted by atomic mass is 9.67. The second-order valence-corrected chi connectivity index (χ2v) is 4.76. The highest BCUT2D eigenvalue weighted by Gasteiger charge is 2.34. The fourth-order valence-corrected chi connectivity index (χ4v) is 2.31.